The quantitative estimate of drug-likeness (QED) is 0.752. The fourth-order valence-corrected chi connectivity index (χ4v) is 3.81. The molecule has 1 aliphatic carbocycles. The Hall–Kier alpha value is -2.18. The van der Waals surface area contributed by atoms with Crippen LogP contribution in [0.5, 0.6) is 0 Å². The third-order valence-corrected chi connectivity index (χ3v) is 5.46. The Morgan fingerprint density at radius 3 is 2.81 bits per heavy atom. The maximum Gasteiger partial charge on any atom is 0.241 e. The van der Waals surface area contributed by atoms with Crippen molar-refractivity contribution in [3.63, 3.8) is 0 Å². The summed E-state index contributed by atoms with van der Waals surface area (Å²) in [5, 5.41) is 11.0. The minimum Gasteiger partial charge on any atom is -0.372 e. The molecule has 0 unspecified atom stereocenters. The van der Waals surface area contributed by atoms with Gasteiger partial charge in [-0.15, -0.1) is 0 Å². The van der Waals surface area contributed by atoms with Gasteiger partial charge in [0.2, 0.25) is 5.91 Å². The van der Waals surface area contributed by atoms with Crippen LogP contribution in [0.15, 0.2) is 42.6 Å². The minimum absolute atomic E-state index is 0.0304. The molecule has 2 N–H and O–H groups in total. The van der Waals surface area contributed by atoms with Gasteiger partial charge in [0, 0.05) is 37.9 Å². The monoisotopic (exact) mass is 368 g/mol. The van der Waals surface area contributed by atoms with E-state index in [1.54, 1.807) is 0 Å². The molecule has 6 heteroatoms. The van der Waals surface area contributed by atoms with Gasteiger partial charge in [-0.3, -0.25) is 9.48 Å². The number of amides is 1. The first-order valence-corrected chi connectivity index (χ1v) is 9.98. The smallest absolute Gasteiger partial charge is 0.241 e. The second-order valence-electron chi connectivity index (χ2n) is 7.45. The number of nitrogens with one attached hydrogen (secondary N) is 2. The van der Waals surface area contributed by atoms with Crippen LogP contribution < -0.4 is 10.6 Å². The van der Waals surface area contributed by atoms with Crippen LogP contribution in [-0.4, -0.2) is 34.9 Å². The van der Waals surface area contributed by atoms with Crippen molar-refractivity contribution in [1.82, 2.24) is 20.4 Å². The summed E-state index contributed by atoms with van der Waals surface area (Å²) in [7, 11) is 0. The van der Waals surface area contributed by atoms with Crippen LogP contribution in [0.25, 0.3) is 0 Å². The number of hydrogen-bond donors (Lipinski definition) is 2. The van der Waals surface area contributed by atoms with Crippen LogP contribution in [-0.2, 0) is 16.1 Å². The lowest BCUT2D eigenvalue weighted by Crippen LogP contribution is -2.40. The first-order valence-electron chi connectivity index (χ1n) is 9.98. The molecule has 1 aromatic heterocycles. The number of carbonyl (C=O) groups is 1. The molecular formula is C21H28N4O2. The molecule has 0 bridgehead atoms. The van der Waals surface area contributed by atoms with Gasteiger partial charge in [-0.25, -0.2) is 0 Å². The molecule has 1 saturated heterocycles. The highest BCUT2D eigenvalue weighted by Crippen LogP contribution is 2.34. The van der Waals surface area contributed by atoms with Crippen molar-refractivity contribution in [1.29, 1.82) is 0 Å². The molecule has 2 aliphatic rings. The molecule has 27 heavy (non-hydrogen) atoms. The number of carbonyl (C=O) groups excluding carboxylic acids is 1. The molecule has 0 spiro atoms. The zero-order valence-corrected chi connectivity index (χ0v) is 15.8. The Bertz CT molecular complexity index is 757. The van der Waals surface area contributed by atoms with Gasteiger partial charge in [0.1, 0.15) is 12.1 Å². The number of hydrogen-bond acceptors (Lipinski definition) is 4. The van der Waals surface area contributed by atoms with E-state index in [9.17, 15) is 4.79 Å². The predicted molar refractivity (Wildman–Crippen MR) is 103 cm³/mol. The summed E-state index contributed by atoms with van der Waals surface area (Å²) in [5.41, 5.74) is 2.13. The average Bonchev–Trinajstić information content (AvgIpc) is 3.19. The van der Waals surface area contributed by atoms with E-state index in [4.69, 9.17) is 4.74 Å². The van der Waals surface area contributed by atoms with Crippen LogP contribution >= 0.6 is 0 Å². The molecule has 2 aromatic rings. The fraction of sp³-hybridized carbons (Fsp3) is 0.524. The zero-order chi connectivity index (χ0) is 18.6. The van der Waals surface area contributed by atoms with Gasteiger partial charge in [0.05, 0.1) is 5.69 Å². The highest BCUT2D eigenvalue weighted by Gasteiger charge is 2.34. The predicted octanol–water partition coefficient (Wildman–Crippen LogP) is 2.59. The van der Waals surface area contributed by atoms with E-state index in [2.05, 4.69) is 22.7 Å². The van der Waals surface area contributed by atoms with E-state index >= 15 is 0 Å². The molecule has 6 nitrogen and oxygen atoms in total. The SMILES string of the molecule is CCn1nccc1[C@@H]1OCC[C@H]1CN[C@@H](C(=O)NC1CC1)c1ccccc1. The van der Waals surface area contributed by atoms with Gasteiger partial charge in [-0.1, -0.05) is 30.3 Å². The number of rotatable bonds is 8. The van der Waals surface area contributed by atoms with Gasteiger partial charge >= 0.3 is 0 Å². The van der Waals surface area contributed by atoms with Gasteiger partial charge in [-0.05, 0) is 37.8 Å². The van der Waals surface area contributed by atoms with E-state index in [1.165, 1.54) is 0 Å². The van der Waals surface area contributed by atoms with Crippen LogP contribution in [0.4, 0.5) is 0 Å². The van der Waals surface area contributed by atoms with Crippen LogP contribution in [0, 0.1) is 5.92 Å². The summed E-state index contributed by atoms with van der Waals surface area (Å²) < 4.78 is 8.02. The van der Waals surface area contributed by atoms with Gasteiger partial charge in [0.15, 0.2) is 0 Å². The maximum atomic E-state index is 12.8. The lowest BCUT2D eigenvalue weighted by atomic mass is 9.97. The summed E-state index contributed by atoms with van der Waals surface area (Å²) in [5.74, 6) is 0.393. The van der Waals surface area contributed by atoms with E-state index in [0.29, 0.717) is 12.0 Å². The second kappa shape index (κ2) is 8.23. The summed E-state index contributed by atoms with van der Waals surface area (Å²) in [4.78, 5) is 12.8. The molecule has 144 valence electrons. The Balaban J connectivity index is 1.45. The van der Waals surface area contributed by atoms with E-state index < -0.39 is 0 Å². The number of ether oxygens (including phenoxy) is 1. The molecule has 1 aromatic carbocycles. The van der Waals surface area contributed by atoms with Gasteiger partial charge < -0.3 is 15.4 Å². The van der Waals surface area contributed by atoms with Crippen molar-refractivity contribution >= 4 is 5.91 Å². The van der Waals surface area contributed by atoms with Crippen molar-refractivity contribution in [2.75, 3.05) is 13.2 Å². The summed E-state index contributed by atoms with van der Waals surface area (Å²) in [6.45, 7) is 4.40. The van der Waals surface area contributed by atoms with Crippen LogP contribution in [0.2, 0.25) is 0 Å². The molecule has 1 saturated carbocycles. The highest BCUT2D eigenvalue weighted by atomic mass is 16.5. The molecule has 2 fully saturated rings. The van der Waals surface area contributed by atoms with E-state index in [-0.39, 0.29) is 18.1 Å². The van der Waals surface area contributed by atoms with Gasteiger partial charge in [-0.2, -0.15) is 5.10 Å². The highest BCUT2D eigenvalue weighted by molar-refractivity contribution is 5.83. The maximum absolute atomic E-state index is 12.8. The Morgan fingerprint density at radius 2 is 2.07 bits per heavy atom. The lowest BCUT2D eigenvalue weighted by Gasteiger charge is -2.24. The summed E-state index contributed by atoms with van der Waals surface area (Å²) >= 11 is 0. The minimum atomic E-state index is -0.330. The van der Waals surface area contributed by atoms with Crippen molar-refractivity contribution < 1.29 is 9.53 Å². The summed E-state index contributed by atoms with van der Waals surface area (Å²) in [6.07, 6.45) is 5.03. The topological polar surface area (TPSA) is 68.2 Å². The van der Waals surface area contributed by atoms with Crippen LogP contribution in [0.3, 0.4) is 0 Å². The lowest BCUT2D eigenvalue weighted by molar-refractivity contribution is -0.123. The third-order valence-electron chi connectivity index (χ3n) is 5.46. The van der Waals surface area contributed by atoms with Crippen LogP contribution in [0.1, 0.15) is 49.6 Å². The Kier molecular flexibility index (Phi) is 5.55. The number of aromatic nitrogens is 2. The van der Waals surface area contributed by atoms with Crippen molar-refractivity contribution in [3.8, 4) is 0 Å². The number of aryl methyl sites for hydroxylation is 1. The number of benzene rings is 1. The normalized spacial score (nSPS) is 23.3. The average molecular weight is 368 g/mol. The van der Waals surface area contributed by atoms with Crippen molar-refractivity contribution in [2.45, 2.75) is 50.9 Å². The molecule has 0 radical (unpaired) electrons. The fourth-order valence-electron chi connectivity index (χ4n) is 3.81. The Labute approximate surface area is 160 Å². The molecular weight excluding hydrogens is 340 g/mol. The molecule has 3 atom stereocenters. The summed E-state index contributed by atoms with van der Waals surface area (Å²) in [6, 6.07) is 12.0. The molecule has 2 heterocycles. The third kappa shape index (κ3) is 4.22. The largest absolute Gasteiger partial charge is 0.372 e. The molecule has 1 aliphatic heterocycles. The standard InChI is InChI=1S/C21H28N4O2/c1-2-25-18(10-12-23-25)20-16(11-13-27-20)14-22-19(15-6-4-3-5-7-15)21(26)24-17-8-9-17/h3-7,10,12,16-17,19-20,22H,2,8-9,11,13-14H2,1H3,(H,24,26)/t16-,19+,20+/m0/s1. The van der Waals surface area contributed by atoms with E-state index in [1.807, 2.05) is 47.3 Å². The molecule has 4 rings (SSSR count). The van der Waals surface area contributed by atoms with Crippen molar-refractivity contribution in [2.24, 2.45) is 5.92 Å². The second-order valence-corrected chi connectivity index (χ2v) is 7.45. The number of nitrogens with zero attached hydrogens (tertiary/aromatic N) is 2. The Morgan fingerprint density at radius 1 is 1.26 bits per heavy atom. The first-order chi connectivity index (χ1) is 13.3. The zero-order valence-electron chi connectivity index (χ0n) is 15.8. The van der Waals surface area contributed by atoms with Crippen molar-refractivity contribution in [3.05, 3.63) is 53.9 Å². The molecule has 1 amide bonds. The first kappa shape index (κ1) is 18.2. The van der Waals surface area contributed by atoms with E-state index in [0.717, 1.165) is 50.2 Å². The van der Waals surface area contributed by atoms with Gasteiger partial charge in [0.25, 0.3) is 0 Å².